The lowest BCUT2D eigenvalue weighted by molar-refractivity contribution is -0.123. The summed E-state index contributed by atoms with van der Waals surface area (Å²) in [6.07, 6.45) is 1.73. The molecule has 0 aromatic carbocycles. The molecule has 0 aromatic rings. The molecule has 1 saturated carbocycles. The Morgan fingerprint density at radius 2 is 2.44 bits per heavy atom. The molecule has 3 nitrogen and oxygen atoms in total. The molecule has 0 spiro atoms. The first-order chi connectivity index (χ1) is 4.36. The molecule has 3 fully saturated rings. The Labute approximate surface area is 52.4 Å². The van der Waals surface area contributed by atoms with Crippen molar-refractivity contribution in [3.8, 4) is 0 Å². The van der Waals surface area contributed by atoms with Crippen molar-refractivity contribution in [3.63, 3.8) is 0 Å². The van der Waals surface area contributed by atoms with Gasteiger partial charge in [0.1, 0.15) is 6.10 Å². The van der Waals surface area contributed by atoms with Crippen LogP contribution < -0.4 is 5.32 Å². The SMILES string of the molecule is O=C1N[C@@H]2C[C@H]1[C@H]1O[C@H]12. The van der Waals surface area contributed by atoms with E-state index in [1.807, 2.05) is 0 Å². The van der Waals surface area contributed by atoms with Crippen molar-refractivity contribution in [1.82, 2.24) is 5.32 Å². The van der Waals surface area contributed by atoms with Crippen LogP contribution in [-0.2, 0) is 9.53 Å². The van der Waals surface area contributed by atoms with Crippen LogP contribution in [0.1, 0.15) is 6.42 Å². The van der Waals surface area contributed by atoms with Gasteiger partial charge in [-0.05, 0) is 6.42 Å². The Morgan fingerprint density at radius 1 is 1.56 bits per heavy atom. The highest BCUT2D eigenvalue weighted by molar-refractivity contribution is 5.84. The summed E-state index contributed by atoms with van der Waals surface area (Å²) in [5.74, 6) is 0.416. The van der Waals surface area contributed by atoms with Crippen molar-refractivity contribution >= 4 is 5.91 Å². The summed E-state index contributed by atoms with van der Waals surface area (Å²) < 4.78 is 5.23. The van der Waals surface area contributed by atoms with Crippen molar-refractivity contribution in [2.75, 3.05) is 0 Å². The minimum absolute atomic E-state index is 0.207. The highest BCUT2D eigenvalue weighted by atomic mass is 16.6. The van der Waals surface area contributed by atoms with Crippen LogP contribution in [-0.4, -0.2) is 24.2 Å². The van der Waals surface area contributed by atoms with Crippen LogP contribution in [0.4, 0.5) is 0 Å². The summed E-state index contributed by atoms with van der Waals surface area (Å²) in [7, 11) is 0. The van der Waals surface area contributed by atoms with Crippen LogP contribution in [0.25, 0.3) is 0 Å². The van der Waals surface area contributed by atoms with Gasteiger partial charge >= 0.3 is 0 Å². The number of epoxide rings is 1. The minimum Gasteiger partial charge on any atom is -0.366 e. The van der Waals surface area contributed by atoms with Gasteiger partial charge in [0.2, 0.25) is 5.91 Å². The van der Waals surface area contributed by atoms with Crippen molar-refractivity contribution in [3.05, 3.63) is 0 Å². The molecule has 2 aliphatic heterocycles. The molecular weight excluding hydrogens is 118 g/mol. The van der Waals surface area contributed by atoms with Crippen LogP contribution in [0.5, 0.6) is 0 Å². The molecule has 1 aliphatic carbocycles. The average molecular weight is 125 g/mol. The average Bonchev–Trinajstić information content (AvgIpc) is 2.46. The second kappa shape index (κ2) is 1.01. The van der Waals surface area contributed by atoms with Crippen molar-refractivity contribution in [2.24, 2.45) is 5.92 Å². The topological polar surface area (TPSA) is 41.6 Å². The van der Waals surface area contributed by atoms with E-state index in [1.165, 1.54) is 0 Å². The van der Waals surface area contributed by atoms with E-state index in [9.17, 15) is 4.79 Å². The van der Waals surface area contributed by atoms with Gasteiger partial charge in [-0.3, -0.25) is 4.79 Å². The van der Waals surface area contributed by atoms with E-state index in [-0.39, 0.29) is 11.8 Å². The van der Waals surface area contributed by atoms with Crippen LogP contribution >= 0.6 is 0 Å². The summed E-state index contributed by atoms with van der Waals surface area (Å²) in [5.41, 5.74) is 0. The molecule has 0 unspecified atom stereocenters. The van der Waals surface area contributed by atoms with Gasteiger partial charge in [-0.25, -0.2) is 0 Å². The molecule has 9 heavy (non-hydrogen) atoms. The lowest BCUT2D eigenvalue weighted by Gasteiger charge is -2.04. The third-order valence-electron chi connectivity index (χ3n) is 2.53. The minimum atomic E-state index is 0.207. The van der Waals surface area contributed by atoms with Gasteiger partial charge in [0, 0.05) is 0 Å². The molecule has 3 aliphatic rings. The highest BCUT2D eigenvalue weighted by Crippen LogP contribution is 2.46. The van der Waals surface area contributed by atoms with Gasteiger partial charge in [0.15, 0.2) is 0 Å². The van der Waals surface area contributed by atoms with Crippen molar-refractivity contribution in [2.45, 2.75) is 24.7 Å². The standard InChI is InChI=1S/C6H7NO2/c8-6-2-1-3(7-6)5-4(2)9-5/h2-5H,1H2,(H,7,8)/t2-,3+,4+,5-/m0/s1. The lowest BCUT2D eigenvalue weighted by Crippen LogP contribution is -2.35. The Kier molecular flexibility index (Phi) is 0.481. The molecular formula is C6H7NO2. The fraction of sp³-hybridized carbons (Fsp3) is 0.833. The van der Waals surface area contributed by atoms with Crippen LogP contribution in [0, 0.1) is 5.92 Å². The fourth-order valence-corrected chi connectivity index (χ4v) is 2.01. The van der Waals surface area contributed by atoms with Gasteiger partial charge in [-0.2, -0.15) is 0 Å². The summed E-state index contributed by atoms with van der Waals surface area (Å²) in [4.78, 5) is 10.9. The van der Waals surface area contributed by atoms with Crippen molar-refractivity contribution in [1.29, 1.82) is 0 Å². The number of hydrogen-bond donors (Lipinski definition) is 1. The molecule has 3 rings (SSSR count). The normalized spacial score (nSPS) is 59.3. The summed E-state index contributed by atoms with van der Waals surface area (Å²) in [5, 5.41) is 2.88. The van der Waals surface area contributed by atoms with E-state index < -0.39 is 0 Å². The van der Waals surface area contributed by atoms with Gasteiger partial charge in [-0.1, -0.05) is 0 Å². The van der Waals surface area contributed by atoms with E-state index in [0.717, 1.165) is 6.42 Å². The van der Waals surface area contributed by atoms with E-state index in [4.69, 9.17) is 4.74 Å². The Morgan fingerprint density at radius 3 is 3.00 bits per heavy atom. The number of amides is 1. The zero-order valence-corrected chi connectivity index (χ0v) is 4.83. The van der Waals surface area contributed by atoms with E-state index in [2.05, 4.69) is 5.32 Å². The molecule has 1 N–H and O–H groups in total. The van der Waals surface area contributed by atoms with Crippen LogP contribution in [0.2, 0.25) is 0 Å². The first-order valence-corrected chi connectivity index (χ1v) is 3.32. The number of nitrogens with one attached hydrogen (secondary N) is 1. The Balaban J connectivity index is 2.04. The summed E-state index contributed by atoms with van der Waals surface area (Å²) in [6.45, 7) is 0. The first-order valence-electron chi connectivity index (χ1n) is 3.32. The lowest BCUT2D eigenvalue weighted by atomic mass is 10.1. The molecule has 3 heteroatoms. The number of ether oxygens (including phenoxy) is 1. The van der Waals surface area contributed by atoms with E-state index >= 15 is 0 Å². The third-order valence-corrected chi connectivity index (χ3v) is 2.53. The number of piperidine rings is 1. The first kappa shape index (κ1) is 4.28. The Bertz CT molecular complexity index is 191. The molecule has 2 bridgehead atoms. The summed E-state index contributed by atoms with van der Waals surface area (Å²) in [6, 6.07) is 0.368. The largest absolute Gasteiger partial charge is 0.366 e. The zero-order chi connectivity index (χ0) is 6.01. The van der Waals surface area contributed by atoms with Gasteiger partial charge in [-0.15, -0.1) is 0 Å². The van der Waals surface area contributed by atoms with E-state index in [1.54, 1.807) is 0 Å². The maximum Gasteiger partial charge on any atom is 0.226 e. The van der Waals surface area contributed by atoms with Gasteiger partial charge in [0.25, 0.3) is 0 Å². The number of carbonyl (C=O) groups excluding carboxylic acids is 1. The predicted octanol–water partition coefficient (Wildman–Crippen LogP) is -0.728. The molecule has 48 valence electrons. The van der Waals surface area contributed by atoms with Crippen LogP contribution in [0.3, 0.4) is 0 Å². The zero-order valence-electron chi connectivity index (χ0n) is 4.83. The number of carbonyl (C=O) groups is 1. The third kappa shape index (κ3) is 0.339. The number of hydrogen-bond acceptors (Lipinski definition) is 2. The van der Waals surface area contributed by atoms with Gasteiger partial charge in [0.05, 0.1) is 18.1 Å². The number of fused-ring (bicyclic) bond motifs is 5. The second-order valence-corrected chi connectivity index (χ2v) is 3.02. The fourth-order valence-electron chi connectivity index (χ4n) is 2.01. The Hall–Kier alpha value is -0.570. The molecule has 4 atom stereocenters. The predicted molar refractivity (Wildman–Crippen MR) is 28.7 cm³/mol. The summed E-state index contributed by atoms with van der Waals surface area (Å²) >= 11 is 0. The maximum atomic E-state index is 10.9. The molecule has 1 amide bonds. The second-order valence-electron chi connectivity index (χ2n) is 3.02. The number of rotatable bonds is 0. The van der Waals surface area contributed by atoms with E-state index in [0.29, 0.717) is 18.2 Å². The quantitative estimate of drug-likeness (QED) is 0.434. The van der Waals surface area contributed by atoms with Crippen molar-refractivity contribution < 1.29 is 9.53 Å². The highest BCUT2D eigenvalue weighted by Gasteiger charge is 2.63. The van der Waals surface area contributed by atoms with Crippen LogP contribution in [0.15, 0.2) is 0 Å². The molecule has 0 aromatic heterocycles. The molecule has 2 heterocycles. The molecule has 2 saturated heterocycles. The van der Waals surface area contributed by atoms with Gasteiger partial charge < -0.3 is 10.1 Å². The molecule has 0 radical (unpaired) electrons. The smallest absolute Gasteiger partial charge is 0.226 e. The monoisotopic (exact) mass is 125 g/mol. The maximum absolute atomic E-state index is 10.9.